The van der Waals surface area contributed by atoms with Crippen molar-refractivity contribution in [2.45, 2.75) is 18.6 Å². The third-order valence-electron chi connectivity index (χ3n) is 3.94. The van der Waals surface area contributed by atoms with Crippen molar-refractivity contribution in [1.82, 2.24) is 19.5 Å². The van der Waals surface area contributed by atoms with Crippen LogP contribution in [0.25, 0.3) is 23.4 Å². The molecule has 0 aliphatic carbocycles. The number of hydrogen-bond donors (Lipinski definition) is 1. The van der Waals surface area contributed by atoms with Crippen LogP contribution in [0.5, 0.6) is 0 Å². The maximum atomic E-state index is 11.2. The van der Waals surface area contributed by atoms with Crippen molar-refractivity contribution in [2.24, 2.45) is 0 Å². The molecular weight excluding hydrogens is 346 g/mol. The predicted molar refractivity (Wildman–Crippen MR) is 104 cm³/mol. The Kier molecular flexibility index (Phi) is 4.53. The second-order valence-corrected chi connectivity index (χ2v) is 6.88. The molecule has 0 saturated carbocycles. The first-order chi connectivity index (χ1) is 12.7. The van der Waals surface area contributed by atoms with Gasteiger partial charge in [0.1, 0.15) is 0 Å². The summed E-state index contributed by atoms with van der Waals surface area (Å²) in [5.41, 5.74) is 3.86. The van der Waals surface area contributed by atoms with E-state index in [0.717, 1.165) is 40.1 Å². The minimum atomic E-state index is -0.192. The summed E-state index contributed by atoms with van der Waals surface area (Å²) >= 11 is 1.77. The fourth-order valence-corrected chi connectivity index (χ4v) is 3.78. The van der Waals surface area contributed by atoms with E-state index in [1.165, 1.54) is 6.92 Å². The summed E-state index contributed by atoms with van der Waals surface area (Å²) in [5.74, 6) is 1.15. The molecule has 6 nitrogen and oxygen atoms in total. The molecule has 2 aromatic heterocycles. The quantitative estimate of drug-likeness (QED) is 0.767. The Morgan fingerprint density at radius 1 is 1.19 bits per heavy atom. The van der Waals surface area contributed by atoms with Crippen LogP contribution < -0.4 is 5.32 Å². The predicted octanol–water partition coefficient (Wildman–Crippen LogP) is 3.57. The lowest BCUT2D eigenvalue weighted by atomic mass is 10.1. The van der Waals surface area contributed by atoms with Crippen molar-refractivity contribution in [3.8, 4) is 11.3 Å². The topological polar surface area (TPSA) is 72.7 Å². The first-order valence-corrected chi connectivity index (χ1v) is 9.27. The number of amides is 1. The van der Waals surface area contributed by atoms with E-state index in [2.05, 4.69) is 32.0 Å². The van der Waals surface area contributed by atoms with Crippen LogP contribution in [0.4, 0.5) is 5.95 Å². The summed E-state index contributed by atoms with van der Waals surface area (Å²) in [7, 11) is 0. The van der Waals surface area contributed by atoms with Gasteiger partial charge in [0, 0.05) is 31.0 Å². The van der Waals surface area contributed by atoms with Gasteiger partial charge < -0.3 is 4.57 Å². The van der Waals surface area contributed by atoms with Gasteiger partial charge in [0.15, 0.2) is 5.16 Å². The van der Waals surface area contributed by atoms with Crippen LogP contribution in [0.15, 0.2) is 47.8 Å². The molecule has 1 aliphatic rings. The molecule has 26 heavy (non-hydrogen) atoms. The number of rotatable bonds is 4. The third kappa shape index (κ3) is 3.39. The molecule has 3 aromatic rings. The molecule has 4 rings (SSSR count). The number of thioether (sulfide) groups is 1. The van der Waals surface area contributed by atoms with E-state index < -0.39 is 0 Å². The molecule has 0 bridgehead atoms. The van der Waals surface area contributed by atoms with Crippen molar-refractivity contribution in [3.63, 3.8) is 0 Å². The molecule has 0 spiro atoms. The maximum Gasteiger partial charge on any atom is 0.229 e. The average Bonchev–Trinajstić information content (AvgIpc) is 3.22. The number of nitrogens with zero attached hydrogens (tertiary/aromatic N) is 4. The van der Waals surface area contributed by atoms with Crippen molar-refractivity contribution < 1.29 is 4.79 Å². The normalized spacial score (nSPS) is 13.1. The van der Waals surface area contributed by atoms with E-state index in [1.807, 2.05) is 30.4 Å². The van der Waals surface area contributed by atoms with Gasteiger partial charge >= 0.3 is 0 Å². The highest BCUT2D eigenvalue weighted by Gasteiger charge is 2.21. The SMILES string of the molecule is CC(=O)Nc1nccc(C=Cc2c(-c3ccccc3)nc3n2CCS3)n1. The Hall–Kier alpha value is -2.93. The highest BCUT2D eigenvalue weighted by molar-refractivity contribution is 7.99. The number of anilines is 1. The Balaban J connectivity index is 1.70. The number of hydrogen-bond acceptors (Lipinski definition) is 5. The molecule has 3 heterocycles. The van der Waals surface area contributed by atoms with E-state index >= 15 is 0 Å². The zero-order valence-corrected chi connectivity index (χ0v) is 15.0. The summed E-state index contributed by atoms with van der Waals surface area (Å²) in [6.07, 6.45) is 5.59. The Labute approximate surface area is 155 Å². The number of nitrogens with one attached hydrogen (secondary N) is 1. The molecule has 1 N–H and O–H groups in total. The zero-order valence-electron chi connectivity index (χ0n) is 14.2. The fraction of sp³-hybridized carbons (Fsp3) is 0.158. The monoisotopic (exact) mass is 363 g/mol. The molecule has 0 saturated heterocycles. The van der Waals surface area contributed by atoms with Crippen LogP contribution in [0, 0.1) is 0 Å². The van der Waals surface area contributed by atoms with Crippen molar-refractivity contribution in [2.75, 3.05) is 11.1 Å². The van der Waals surface area contributed by atoms with Crippen LogP contribution in [0.3, 0.4) is 0 Å². The van der Waals surface area contributed by atoms with Crippen LogP contribution >= 0.6 is 11.8 Å². The van der Waals surface area contributed by atoms with E-state index in [9.17, 15) is 4.79 Å². The van der Waals surface area contributed by atoms with Gasteiger partial charge in [-0.2, -0.15) is 0 Å². The van der Waals surface area contributed by atoms with Gasteiger partial charge in [-0.15, -0.1) is 0 Å². The van der Waals surface area contributed by atoms with Gasteiger partial charge in [-0.05, 0) is 18.2 Å². The summed E-state index contributed by atoms with van der Waals surface area (Å²) in [5, 5.41) is 3.65. The number of carbonyl (C=O) groups is 1. The van der Waals surface area contributed by atoms with Crippen molar-refractivity contribution >= 4 is 35.8 Å². The Bertz CT molecular complexity index is 981. The van der Waals surface area contributed by atoms with Gasteiger partial charge in [0.2, 0.25) is 11.9 Å². The van der Waals surface area contributed by atoms with Gasteiger partial charge in [0.05, 0.1) is 17.1 Å². The summed E-state index contributed by atoms with van der Waals surface area (Å²) in [6.45, 7) is 2.38. The third-order valence-corrected chi connectivity index (χ3v) is 4.90. The first kappa shape index (κ1) is 16.5. The van der Waals surface area contributed by atoms with Crippen LogP contribution in [0.1, 0.15) is 18.3 Å². The molecule has 1 aliphatic heterocycles. The summed E-state index contributed by atoms with van der Waals surface area (Å²) in [4.78, 5) is 24.4. The van der Waals surface area contributed by atoms with Crippen molar-refractivity contribution in [1.29, 1.82) is 0 Å². The maximum absolute atomic E-state index is 11.2. The van der Waals surface area contributed by atoms with Crippen LogP contribution in [-0.2, 0) is 11.3 Å². The number of benzene rings is 1. The number of imidazole rings is 1. The van der Waals surface area contributed by atoms with E-state index in [-0.39, 0.29) is 5.91 Å². The minimum absolute atomic E-state index is 0.192. The second-order valence-electron chi connectivity index (χ2n) is 5.81. The van der Waals surface area contributed by atoms with Gasteiger partial charge in [-0.25, -0.2) is 15.0 Å². The fourth-order valence-electron chi connectivity index (χ4n) is 2.82. The van der Waals surface area contributed by atoms with Gasteiger partial charge in [-0.1, -0.05) is 42.1 Å². The van der Waals surface area contributed by atoms with E-state index in [4.69, 9.17) is 4.98 Å². The first-order valence-electron chi connectivity index (χ1n) is 8.28. The van der Waals surface area contributed by atoms with Gasteiger partial charge in [-0.3, -0.25) is 10.1 Å². The van der Waals surface area contributed by atoms with Crippen molar-refractivity contribution in [3.05, 3.63) is 54.0 Å². The molecule has 7 heteroatoms. The molecular formula is C19H17N5OS. The highest BCUT2D eigenvalue weighted by atomic mass is 32.2. The molecule has 0 radical (unpaired) electrons. The number of carbonyl (C=O) groups excluding carboxylic acids is 1. The number of aromatic nitrogens is 4. The highest BCUT2D eigenvalue weighted by Crippen LogP contribution is 2.34. The lowest BCUT2D eigenvalue weighted by molar-refractivity contribution is -0.114. The summed E-state index contributed by atoms with van der Waals surface area (Å²) < 4.78 is 2.24. The minimum Gasteiger partial charge on any atom is -0.318 e. The van der Waals surface area contributed by atoms with Gasteiger partial charge in [0.25, 0.3) is 0 Å². The largest absolute Gasteiger partial charge is 0.318 e. The molecule has 0 unspecified atom stereocenters. The van der Waals surface area contributed by atoms with E-state index in [1.54, 1.807) is 24.0 Å². The molecule has 1 amide bonds. The van der Waals surface area contributed by atoms with E-state index in [0.29, 0.717) is 5.95 Å². The summed E-state index contributed by atoms with van der Waals surface area (Å²) in [6, 6.07) is 12.0. The Morgan fingerprint density at radius 2 is 2.04 bits per heavy atom. The molecule has 130 valence electrons. The van der Waals surface area contributed by atoms with Crippen LogP contribution in [0.2, 0.25) is 0 Å². The molecule has 0 fully saturated rings. The average molecular weight is 363 g/mol. The van der Waals surface area contributed by atoms with Crippen LogP contribution in [-0.4, -0.2) is 31.2 Å². The smallest absolute Gasteiger partial charge is 0.229 e. The Morgan fingerprint density at radius 3 is 2.85 bits per heavy atom. The number of fused-ring (bicyclic) bond motifs is 1. The molecule has 0 atom stereocenters. The molecule has 1 aromatic carbocycles. The standard InChI is InChI=1S/C19H17N5OS/c1-13(25)21-18-20-10-9-15(22-18)7-8-16-17(14-5-3-2-4-6-14)23-19-24(16)11-12-26-19/h2-10H,11-12H2,1H3,(H,20,21,22,25). The lowest BCUT2D eigenvalue weighted by Gasteiger charge is -2.04. The zero-order chi connectivity index (χ0) is 17.9. The lowest BCUT2D eigenvalue weighted by Crippen LogP contribution is -2.09. The second kappa shape index (κ2) is 7.13.